The standard InChI is InChI=1S/C25H28F6N2O3/c1-3-5-15-32-22(24(26,27)28)18-7-11-20(12-8-18)34-17-35-21-13-9-19(10-14-21)23(25(29,30)31)33-36-16-6-4-2/h7-14H,3-6,15-17H2,1-2H3. The van der Waals surface area contributed by atoms with Crippen LogP contribution in [0.5, 0.6) is 11.5 Å². The summed E-state index contributed by atoms with van der Waals surface area (Å²) in [6.45, 7) is 3.60. The number of unbranched alkanes of at least 4 members (excludes halogenated alkanes) is 2. The topological polar surface area (TPSA) is 52.4 Å². The molecule has 0 aliphatic heterocycles. The van der Waals surface area contributed by atoms with Gasteiger partial charge < -0.3 is 14.3 Å². The van der Waals surface area contributed by atoms with Crippen molar-refractivity contribution in [1.29, 1.82) is 0 Å². The van der Waals surface area contributed by atoms with Crippen molar-refractivity contribution < 1.29 is 40.7 Å². The molecule has 0 aliphatic carbocycles. The molecule has 0 bridgehead atoms. The first kappa shape index (κ1) is 29.0. The summed E-state index contributed by atoms with van der Waals surface area (Å²) >= 11 is 0. The summed E-state index contributed by atoms with van der Waals surface area (Å²) in [5, 5.41) is 3.24. The molecule has 0 saturated carbocycles. The van der Waals surface area contributed by atoms with Gasteiger partial charge in [-0.25, -0.2) is 0 Å². The first-order valence-electron chi connectivity index (χ1n) is 11.4. The number of ether oxygens (including phenoxy) is 2. The van der Waals surface area contributed by atoms with Crippen molar-refractivity contribution in [3.05, 3.63) is 59.7 Å². The molecule has 0 heterocycles. The second-order valence-electron chi connectivity index (χ2n) is 7.66. The lowest BCUT2D eigenvalue weighted by Crippen LogP contribution is -2.24. The third-order valence-corrected chi connectivity index (χ3v) is 4.77. The maximum absolute atomic E-state index is 13.3. The van der Waals surface area contributed by atoms with Gasteiger partial charge in [0.15, 0.2) is 5.71 Å². The third-order valence-electron chi connectivity index (χ3n) is 4.77. The van der Waals surface area contributed by atoms with Crippen LogP contribution in [0, 0.1) is 0 Å². The maximum atomic E-state index is 13.3. The molecule has 0 spiro atoms. The van der Waals surface area contributed by atoms with Gasteiger partial charge in [-0.05, 0) is 61.4 Å². The molecule has 0 unspecified atom stereocenters. The van der Waals surface area contributed by atoms with E-state index in [0.717, 1.165) is 12.8 Å². The molecule has 11 heteroatoms. The molecule has 0 aliphatic rings. The van der Waals surface area contributed by atoms with Crippen LogP contribution < -0.4 is 9.47 Å². The number of nitrogens with zero attached hydrogens (tertiary/aromatic N) is 2. The zero-order chi connectivity index (χ0) is 26.6. The van der Waals surface area contributed by atoms with Gasteiger partial charge in [0.05, 0.1) is 0 Å². The molecule has 0 N–H and O–H groups in total. The average molecular weight is 518 g/mol. The summed E-state index contributed by atoms with van der Waals surface area (Å²) in [6, 6.07) is 10.2. The minimum atomic E-state index is -4.70. The van der Waals surface area contributed by atoms with Crippen molar-refractivity contribution in [2.45, 2.75) is 51.9 Å². The van der Waals surface area contributed by atoms with Gasteiger partial charge in [0.25, 0.3) is 0 Å². The molecule has 198 valence electrons. The summed E-state index contributed by atoms with van der Waals surface area (Å²) in [6.07, 6.45) is -6.65. The Morgan fingerprint density at radius 3 is 1.61 bits per heavy atom. The number of alkyl halides is 6. The van der Waals surface area contributed by atoms with Gasteiger partial charge in [0.2, 0.25) is 6.79 Å². The molecule has 0 saturated heterocycles. The molecule has 0 atom stereocenters. The molecule has 2 aromatic rings. The predicted octanol–water partition coefficient (Wildman–Crippen LogP) is 7.34. The van der Waals surface area contributed by atoms with Crippen molar-refractivity contribution in [3.63, 3.8) is 0 Å². The Morgan fingerprint density at radius 1 is 0.694 bits per heavy atom. The van der Waals surface area contributed by atoms with E-state index in [1.165, 1.54) is 48.5 Å². The van der Waals surface area contributed by atoms with E-state index in [-0.39, 0.29) is 42.6 Å². The second kappa shape index (κ2) is 13.7. The van der Waals surface area contributed by atoms with Gasteiger partial charge in [0.1, 0.15) is 23.8 Å². The highest BCUT2D eigenvalue weighted by atomic mass is 19.4. The number of hydrogen-bond donors (Lipinski definition) is 0. The number of benzene rings is 2. The molecule has 0 aromatic heterocycles. The van der Waals surface area contributed by atoms with E-state index in [1.54, 1.807) is 0 Å². The van der Waals surface area contributed by atoms with Crippen LogP contribution in [0.1, 0.15) is 50.7 Å². The Bertz CT molecular complexity index is 985. The van der Waals surface area contributed by atoms with Crippen LogP contribution in [0.4, 0.5) is 26.3 Å². The fourth-order valence-electron chi connectivity index (χ4n) is 2.86. The summed E-state index contributed by atoms with van der Waals surface area (Å²) < 4.78 is 90.5. The van der Waals surface area contributed by atoms with Crippen LogP contribution >= 0.6 is 0 Å². The lowest BCUT2D eigenvalue weighted by molar-refractivity contribution is -0.0617. The van der Waals surface area contributed by atoms with Crippen LogP contribution in [0.25, 0.3) is 0 Å². The lowest BCUT2D eigenvalue weighted by Gasteiger charge is -2.13. The number of aliphatic imine (C=N–C) groups is 1. The monoisotopic (exact) mass is 518 g/mol. The van der Waals surface area contributed by atoms with E-state index in [9.17, 15) is 26.3 Å². The van der Waals surface area contributed by atoms with E-state index in [2.05, 4.69) is 10.1 Å². The Kier molecular flexibility index (Phi) is 11.1. The average Bonchev–Trinajstić information content (AvgIpc) is 2.82. The number of rotatable bonds is 13. The fourth-order valence-corrected chi connectivity index (χ4v) is 2.86. The summed E-state index contributed by atoms with van der Waals surface area (Å²) in [5.74, 6) is 0.479. The van der Waals surface area contributed by atoms with E-state index < -0.39 is 23.8 Å². The quantitative estimate of drug-likeness (QED) is 0.0917. The zero-order valence-corrected chi connectivity index (χ0v) is 20.0. The summed E-state index contributed by atoms with van der Waals surface area (Å²) in [5.41, 5.74) is -2.37. The van der Waals surface area contributed by atoms with Crippen LogP contribution in [0.15, 0.2) is 58.7 Å². The summed E-state index contributed by atoms with van der Waals surface area (Å²) in [7, 11) is 0. The van der Waals surface area contributed by atoms with Crippen molar-refractivity contribution in [1.82, 2.24) is 0 Å². The largest absolute Gasteiger partial charge is 0.458 e. The highest BCUT2D eigenvalue weighted by Crippen LogP contribution is 2.26. The van der Waals surface area contributed by atoms with Gasteiger partial charge in [-0.2, -0.15) is 26.3 Å². The first-order chi connectivity index (χ1) is 17.1. The van der Waals surface area contributed by atoms with E-state index in [0.29, 0.717) is 12.8 Å². The first-order valence-corrected chi connectivity index (χ1v) is 11.4. The smallest absolute Gasteiger partial charge is 0.437 e. The molecule has 2 aromatic carbocycles. The number of hydrogen-bond acceptors (Lipinski definition) is 5. The Hall–Kier alpha value is -3.24. The highest BCUT2D eigenvalue weighted by molar-refractivity contribution is 6.05. The minimum Gasteiger partial charge on any atom is -0.458 e. The molecule has 36 heavy (non-hydrogen) atoms. The van der Waals surface area contributed by atoms with Crippen LogP contribution in [0.2, 0.25) is 0 Å². The molecular weight excluding hydrogens is 490 g/mol. The third kappa shape index (κ3) is 9.43. The lowest BCUT2D eigenvalue weighted by atomic mass is 10.1. The number of halogens is 6. The maximum Gasteiger partial charge on any atom is 0.437 e. The molecule has 0 fully saturated rings. The highest BCUT2D eigenvalue weighted by Gasteiger charge is 2.38. The normalized spacial score (nSPS) is 13.0. The van der Waals surface area contributed by atoms with Crippen molar-refractivity contribution in [2.75, 3.05) is 19.9 Å². The fraction of sp³-hybridized carbons (Fsp3) is 0.440. The Morgan fingerprint density at radius 2 is 1.17 bits per heavy atom. The Labute approximate surface area is 205 Å². The molecule has 0 radical (unpaired) electrons. The van der Waals surface area contributed by atoms with E-state index in [1.807, 2.05) is 13.8 Å². The molecule has 2 rings (SSSR count). The van der Waals surface area contributed by atoms with Crippen LogP contribution in [-0.2, 0) is 4.84 Å². The van der Waals surface area contributed by atoms with Crippen LogP contribution in [-0.4, -0.2) is 43.7 Å². The second-order valence-corrected chi connectivity index (χ2v) is 7.66. The van der Waals surface area contributed by atoms with Gasteiger partial charge in [-0.15, -0.1) is 0 Å². The van der Waals surface area contributed by atoms with Gasteiger partial charge >= 0.3 is 12.4 Å². The summed E-state index contributed by atoms with van der Waals surface area (Å²) in [4.78, 5) is 8.46. The SMILES string of the molecule is CCCCN=C(c1ccc(OCOc2ccc(C(=NOCCCC)C(F)(F)F)cc2)cc1)C(F)(F)F. The van der Waals surface area contributed by atoms with Crippen molar-refractivity contribution in [3.8, 4) is 11.5 Å². The van der Waals surface area contributed by atoms with Crippen molar-refractivity contribution >= 4 is 11.4 Å². The minimum absolute atomic E-state index is 0.0803. The number of oxime groups is 1. The van der Waals surface area contributed by atoms with Gasteiger partial charge in [0, 0.05) is 17.7 Å². The molecule has 5 nitrogen and oxygen atoms in total. The van der Waals surface area contributed by atoms with Gasteiger partial charge in [-0.3, -0.25) is 4.99 Å². The Balaban J connectivity index is 1.97. The predicted molar refractivity (Wildman–Crippen MR) is 125 cm³/mol. The molecular formula is C25H28F6N2O3. The van der Waals surface area contributed by atoms with Crippen LogP contribution in [0.3, 0.4) is 0 Å². The van der Waals surface area contributed by atoms with Crippen molar-refractivity contribution in [2.24, 2.45) is 10.1 Å². The zero-order valence-electron chi connectivity index (χ0n) is 20.0. The van der Waals surface area contributed by atoms with E-state index in [4.69, 9.17) is 14.3 Å². The van der Waals surface area contributed by atoms with E-state index >= 15 is 0 Å². The molecule has 0 amide bonds. The van der Waals surface area contributed by atoms with Gasteiger partial charge in [-0.1, -0.05) is 31.8 Å².